The lowest BCUT2D eigenvalue weighted by atomic mass is 10.2. The molecular weight excluding hydrogens is 276 g/mol. The molecular formula is C14H18N2O3S. The Morgan fingerprint density at radius 3 is 2.75 bits per heavy atom. The molecule has 1 aromatic rings. The summed E-state index contributed by atoms with van der Waals surface area (Å²) in [5.41, 5.74) is 0.832. The largest absolute Gasteiger partial charge is 0.325 e. The van der Waals surface area contributed by atoms with E-state index in [1.165, 1.54) is 6.07 Å². The normalized spacial score (nSPS) is 12.4. The fourth-order valence-electron chi connectivity index (χ4n) is 1.67. The number of hydrogen-bond donors (Lipinski definition) is 1. The predicted octanol–water partition coefficient (Wildman–Crippen LogP) is 1.96. The van der Waals surface area contributed by atoms with Crippen molar-refractivity contribution < 1.29 is 13.2 Å². The maximum Gasteiger partial charge on any atom is 0.239 e. The summed E-state index contributed by atoms with van der Waals surface area (Å²) in [4.78, 5) is 11.7. The van der Waals surface area contributed by atoms with Gasteiger partial charge in [0.05, 0.1) is 17.4 Å². The van der Waals surface area contributed by atoms with Crippen LogP contribution >= 0.6 is 0 Å². The maximum atomic E-state index is 11.8. The van der Waals surface area contributed by atoms with Gasteiger partial charge in [-0.2, -0.15) is 5.26 Å². The maximum absolute atomic E-state index is 11.8. The average Bonchev–Trinajstić information content (AvgIpc) is 2.37. The van der Waals surface area contributed by atoms with E-state index in [1.54, 1.807) is 18.2 Å². The van der Waals surface area contributed by atoms with Crippen molar-refractivity contribution in [2.45, 2.75) is 20.3 Å². The minimum absolute atomic E-state index is 0.00908. The Balaban J connectivity index is 2.66. The highest BCUT2D eigenvalue weighted by molar-refractivity contribution is 7.92. The SMILES string of the molecule is CCC(C)CS(=O)(=O)CC(=O)Nc1cccc(C#N)c1. The molecule has 5 nitrogen and oxygen atoms in total. The Bertz CT molecular complexity index is 618. The third-order valence-electron chi connectivity index (χ3n) is 2.86. The van der Waals surface area contributed by atoms with Gasteiger partial charge >= 0.3 is 0 Å². The summed E-state index contributed by atoms with van der Waals surface area (Å²) in [5, 5.41) is 11.2. The number of benzene rings is 1. The van der Waals surface area contributed by atoms with Crippen LogP contribution in [0.2, 0.25) is 0 Å². The molecule has 1 rings (SSSR count). The summed E-state index contributed by atoms with van der Waals surface area (Å²) in [6, 6.07) is 8.30. The number of carbonyl (C=O) groups is 1. The zero-order valence-electron chi connectivity index (χ0n) is 11.6. The van der Waals surface area contributed by atoms with Gasteiger partial charge in [-0.05, 0) is 24.1 Å². The van der Waals surface area contributed by atoms with Crippen molar-refractivity contribution >= 4 is 21.4 Å². The van der Waals surface area contributed by atoms with Gasteiger partial charge in [-0.3, -0.25) is 4.79 Å². The average molecular weight is 294 g/mol. The van der Waals surface area contributed by atoms with E-state index >= 15 is 0 Å². The first-order valence-corrected chi connectivity index (χ1v) is 8.19. The molecule has 0 bridgehead atoms. The van der Waals surface area contributed by atoms with Crippen molar-refractivity contribution in [3.63, 3.8) is 0 Å². The van der Waals surface area contributed by atoms with Gasteiger partial charge in [-0.1, -0.05) is 26.3 Å². The lowest BCUT2D eigenvalue weighted by molar-refractivity contribution is -0.113. The molecule has 6 heteroatoms. The Morgan fingerprint density at radius 1 is 1.45 bits per heavy atom. The van der Waals surface area contributed by atoms with Crippen molar-refractivity contribution in [3.05, 3.63) is 29.8 Å². The monoisotopic (exact) mass is 294 g/mol. The highest BCUT2D eigenvalue weighted by Gasteiger charge is 2.19. The van der Waals surface area contributed by atoms with Gasteiger partial charge in [0.2, 0.25) is 5.91 Å². The van der Waals surface area contributed by atoms with Gasteiger partial charge in [-0.15, -0.1) is 0 Å². The Hall–Kier alpha value is -1.87. The number of nitrogens with one attached hydrogen (secondary N) is 1. The summed E-state index contributed by atoms with van der Waals surface area (Å²) in [6.07, 6.45) is 0.755. The molecule has 1 unspecified atom stereocenters. The van der Waals surface area contributed by atoms with Crippen molar-refractivity contribution in [2.24, 2.45) is 5.92 Å². The smallest absolute Gasteiger partial charge is 0.239 e. The summed E-state index contributed by atoms with van der Waals surface area (Å²) in [7, 11) is -3.40. The van der Waals surface area contributed by atoms with Crippen LogP contribution in [0.4, 0.5) is 5.69 Å². The number of rotatable bonds is 6. The van der Waals surface area contributed by atoms with Crippen LogP contribution in [0.5, 0.6) is 0 Å². The topological polar surface area (TPSA) is 87.0 Å². The van der Waals surface area contributed by atoms with Gasteiger partial charge < -0.3 is 5.32 Å². The van der Waals surface area contributed by atoms with E-state index in [0.717, 1.165) is 6.42 Å². The molecule has 0 heterocycles. The van der Waals surface area contributed by atoms with E-state index < -0.39 is 21.5 Å². The van der Waals surface area contributed by atoms with Crippen LogP contribution in [-0.2, 0) is 14.6 Å². The number of nitrogens with zero attached hydrogens (tertiary/aromatic N) is 1. The molecule has 0 aliphatic carbocycles. The first-order valence-electron chi connectivity index (χ1n) is 6.36. The van der Waals surface area contributed by atoms with Crippen LogP contribution in [0.3, 0.4) is 0 Å². The Kier molecular flexibility index (Phi) is 5.71. The summed E-state index contributed by atoms with van der Waals surface area (Å²) < 4.78 is 23.6. The molecule has 0 aliphatic rings. The first-order chi connectivity index (χ1) is 9.36. The molecule has 0 fully saturated rings. The van der Waals surface area contributed by atoms with E-state index in [0.29, 0.717) is 11.3 Å². The van der Waals surface area contributed by atoms with Gasteiger partial charge in [0.15, 0.2) is 9.84 Å². The van der Waals surface area contributed by atoms with Crippen LogP contribution in [0.1, 0.15) is 25.8 Å². The minimum Gasteiger partial charge on any atom is -0.325 e. The molecule has 1 amide bonds. The predicted molar refractivity (Wildman–Crippen MR) is 77.9 cm³/mol. The molecule has 0 aliphatic heterocycles. The Labute approximate surface area is 119 Å². The van der Waals surface area contributed by atoms with E-state index in [9.17, 15) is 13.2 Å². The van der Waals surface area contributed by atoms with E-state index in [2.05, 4.69) is 5.32 Å². The summed E-state index contributed by atoms with van der Waals surface area (Å²) in [5.74, 6) is -1.07. The van der Waals surface area contributed by atoms with Crippen molar-refractivity contribution in [1.82, 2.24) is 0 Å². The van der Waals surface area contributed by atoms with Gasteiger partial charge in [-0.25, -0.2) is 8.42 Å². The van der Waals surface area contributed by atoms with Crippen LogP contribution in [0.25, 0.3) is 0 Å². The molecule has 1 aromatic carbocycles. The van der Waals surface area contributed by atoms with Crippen LogP contribution in [0, 0.1) is 17.2 Å². The second-order valence-electron chi connectivity index (χ2n) is 4.81. The highest BCUT2D eigenvalue weighted by atomic mass is 32.2. The zero-order chi connectivity index (χ0) is 15.2. The van der Waals surface area contributed by atoms with E-state index in [4.69, 9.17) is 5.26 Å². The summed E-state index contributed by atoms with van der Waals surface area (Å²) in [6.45, 7) is 3.75. The fourth-order valence-corrected chi connectivity index (χ4v) is 3.37. The van der Waals surface area contributed by atoms with Gasteiger partial charge in [0.1, 0.15) is 5.75 Å². The molecule has 0 aromatic heterocycles. The van der Waals surface area contributed by atoms with Crippen molar-refractivity contribution in [3.8, 4) is 6.07 Å². The van der Waals surface area contributed by atoms with Crippen LogP contribution in [-0.4, -0.2) is 25.8 Å². The highest BCUT2D eigenvalue weighted by Crippen LogP contribution is 2.11. The van der Waals surface area contributed by atoms with Crippen molar-refractivity contribution in [1.29, 1.82) is 5.26 Å². The van der Waals surface area contributed by atoms with Gasteiger partial charge in [0, 0.05) is 5.69 Å². The second-order valence-corrected chi connectivity index (χ2v) is 6.92. The molecule has 1 N–H and O–H groups in total. The minimum atomic E-state index is -3.40. The van der Waals surface area contributed by atoms with Gasteiger partial charge in [0.25, 0.3) is 0 Å². The summed E-state index contributed by atoms with van der Waals surface area (Å²) >= 11 is 0. The number of sulfone groups is 1. The number of anilines is 1. The molecule has 0 saturated heterocycles. The lowest BCUT2D eigenvalue weighted by Crippen LogP contribution is -2.26. The number of nitriles is 1. The molecule has 0 spiro atoms. The molecule has 1 atom stereocenters. The van der Waals surface area contributed by atoms with Crippen LogP contribution < -0.4 is 5.32 Å². The quantitative estimate of drug-likeness (QED) is 0.868. The Morgan fingerprint density at radius 2 is 2.15 bits per heavy atom. The van der Waals surface area contributed by atoms with Crippen molar-refractivity contribution in [2.75, 3.05) is 16.8 Å². The number of carbonyl (C=O) groups excluding carboxylic acids is 1. The first kappa shape index (κ1) is 16.2. The molecule has 0 radical (unpaired) electrons. The molecule has 20 heavy (non-hydrogen) atoms. The second kappa shape index (κ2) is 7.06. The third kappa shape index (κ3) is 5.41. The standard InChI is InChI=1S/C14H18N2O3S/c1-3-11(2)9-20(18,19)10-14(17)16-13-6-4-5-12(7-13)8-15/h4-7,11H,3,9-10H2,1-2H3,(H,16,17). The van der Waals surface area contributed by atoms with E-state index in [1.807, 2.05) is 19.9 Å². The van der Waals surface area contributed by atoms with Crippen LogP contribution in [0.15, 0.2) is 24.3 Å². The number of hydrogen-bond acceptors (Lipinski definition) is 4. The molecule has 108 valence electrons. The lowest BCUT2D eigenvalue weighted by Gasteiger charge is -2.10. The van der Waals surface area contributed by atoms with E-state index in [-0.39, 0.29) is 11.7 Å². The fraction of sp³-hybridized carbons (Fsp3) is 0.429. The number of amides is 1. The zero-order valence-corrected chi connectivity index (χ0v) is 12.4. The molecule has 0 saturated carbocycles. The third-order valence-corrected chi connectivity index (χ3v) is 4.64.